The van der Waals surface area contributed by atoms with E-state index < -0.39 is 40.7 Å². The van der Waals surface area contributed by atoms with Crippen LogP contribution >= 0.6 is 0 Å². The van der Waals surface area contributed by atoms with Gasteiger partial charge in [0.1, 0.15) is 0 Å². The third kappa shape index (κ3) is 3.73. The molecule has 0 saturated heterocycles. The van der Waals surface area contributed by atoms with Gasteiger partial charge in [-0.15, -0.1) is 0 Å². The summed E-state index contributed by atoms with van der Waals surface area (Å²) in [7, 11) is 1.04. The lowest BCUT2D eigenvalue weighted by Crippen LogP contribution is -2.24. The van der Waals surface area contributed by atoms with E-state index in [1.165, 1.54) is 0 Å². The van der Waals surface area contributed by atoms with Crippen LogP contribution in [0.3, 0.4) is 0 Å². The number of hydrogen-bond donors (Lipinski definition) is 0. The molecule has 0 aliphatic carbocycles. The van der Waals surface area contributed by atoms with Crippen molar-refractivity contribution in [2.45, 2.75) is 6.18 Å². The normalized spacial score (nSPS) is 11.0. The number of rotatable bonds is 5. The van der Waals surface area contributed by atoms with Crippen molar-refractivity contribution < 1.29 is 37.5 Å². The molecule has 7 nitrogen and oxygen atoms in total. The van der Waals surface area contributed by atoms with Gasteiger partial charge >= 0.3 is 6.18 Å². The lowest BCUT2D eigenvalue weighted by molar-refractivity contribution is -0.386. The van der Waals surface area contributed by atoms with Crippen molar-refractivity contribution in [2.75, 3.05) is 13.7 Å². The molecule has 1 rings (SSSR count). The number of nitrogens with zero attached hydrogens (tertiary/aromatic N) is 1. The number of benzene rings is 1. The SMILES string of the molecule is COc1cc(C(=O)[O-])c([N+](=O)[O-])cc1OCC(F)(F)F. The van der Waals surface area contributed by atoms with Gasteiger partial charge in [0, 0.05) is 0 Å². The highest BCUT2D eigenvalue weighted by Gasteiger charge is 2.30. The molecule has 0 bridgehead atoms. The number of carboxylic acid groups (broad SMARTS) is 1. The lowest BCUT2D eigenvalue weighted by Gasteiger charge is -2.14. The third-order valence-electron chi connectivity index (χ3n) is 2.09. The number of nitro groups is 1. The number of ether oxygens (including phenoxy) is 2. The van der Waals surface area contributed by atoms with E-state index in [1.807, 2.05) is 0 Å². The maximum atomic E-state index is 12.0. The predicted molar refractivity (Wildman–Crippen MR) is 55.5 cm³/mol. The minimum Gasteiger partial charge on any atom is -0.545 e. The molecule has 110 valence electrons. The summed E-state index contributed by atoms with van der Waals surface area (Å²) in [5.74, 6) is -2.85. The van der Waals surface area contributed by atoms with Crippen LogP contribution in [0.1, 0.15) is 10.4 Å². The fraction of sp³-hybridized carbons (Fsp3) is 0.300. The Labute approximate surface area is 109 Å². The van der Waals surface area contributed by atoms with Gasteiger partial charge in [-0.3, -0.25) is 10.1 Å². The molecule has 0 fully saturated rings. The second-order valence-corrected chi connectivity index (χ2v) is 3.47. The largest absolute Gasteiger partial charge is 0.545 e. The van der Waals surface area contributed by atoms with E-state index in [-0.39, 0.29) is 5.75 Å². The monoisotopic (exact) mass is 294 g/mol. The van der Waals surface area contributed by atoms with Crippen LogP contribution in [0, 0.1) is 10.1 Å². The summed E-state index contributed by atoms with van der Waals surface area (Å²) in [5, 5.41) is 21.4. The molecule has 0 heterocycles. The van der Waals surface area contributed by atoms with Crippen molar-refractivity contribution in [1.82, 2.24) is 0 Å². The Hall–Kier alpha value is -2.52. The van der Waals surface area contributed by atoms with Gasteiger partial charge in [0.25, 0.3) is 5.69 Å². The fourth-order valence-corrected chi connectivity index (χ4v) is 1.30. The van der Waals surface area contributed by atoms with Gasteiger partial charge in [-0.25, -0.2) is 0 Å². The van der Waals surface area contributed by atoms with Gasteiger partial charge in [0.15, 0.2) is 18.1 Å². The highest BCUT2D eigenvalue weighted by atomic mass is 19.4. The van der Waals surface area contributed by atoms with E-state index >= 15 is 0 Å². The molecule has 0 atom stereocenters. The molecular weight excluding hydrogens is 287 g/mol. The van der Waals surface area contributed by atoms with Crippen molar-refractivity contribution in [3.05, 3.63) is 27.8 Å². The highest BCUT2D eigenvalue weighted by molar-refractivity contribution is 5.92. The summed E-state index contributed by atoms with van der Waals surface area (Å²) in [6, 6.07) is 1.20. The van der Waals surface area contributed by atoms with Crippen LogP contribution < -0.4 is 14.6 Å². The number of alkyl halides is 3. The maximum absolute atomic E-state index is 12.0. The summed E-state index contributed by atoms with van der Waals surface area (Å²) in [5.41, 5.74) is -1.78. The first-order chi connectivity index (χ1) is 9.15. The Morgan fingerprint density at radius 1 is 1.35 bits per heavy atom. The van der Waals surface area contributed by atoms with Crippen molar-refractivity contribution in [2.24, 2.45) is 0 Å². The molecule has 1 aromatic rings. The van der Waals surface area contributed by atoms with E-state index in [2.05, 4.69) is 9.47 Å². The number of methoxy groups -OCH3 is 1. The number of halogens is 3. The number of hydrogen-bond acceptors (Lipinski definition) is 6. The molecule has 0 radical (unpaired) electrons. The first kappa shape index (κ1) is 15.5. The van der Waals surface area contributed by atoms with E-state index in [1.54, 1.807) is 0 Å². The van der Waals surface area contributed by atoms with Crippen LogP contribution in [-0.2, 0) is 0 Å². The summed E-state index contributed by atoms with van der Waals surface area (Å²) in [6.07, 6.45) is -4.66. The van der Waals surface area contributed by atoms with Crippen LogP contribution in [0.15, 0.2) is 12.1 Å². The van der Waals surface area contributed by atoms with Crippen molar-refractivity contribution in [1.29, 1.82) is 0 Å². The molecule has 0 amide bonds. The van der Waals surface area contributed by atoms with Crippen LogP contribution in [0.5, 0.6) is 11.5 Å². The Morgan fingerprint density at radius 2 is 1.95 bits per heavy atom. The lowest BCUT2D eigenvalue weighted by atomic mass is 10.1. The first-order valence-electron chi connectivity index (χ1n) is 4.93. The molecule has 10 heteroatoms. The van der Waals surface area contributed by atoms with E-state index in [4.69, 9.17) is 0 Å². The molecule has 20 heavy (non-hydrogen) atoms. The minimum absolute atomic E-state index is 0.390. The highest BCUT2D eigenvalue weighted by Crippen LogP contribution is 2.35. The Balaban J connectivity index is 3.27. The molecular formula is C10H7F3NO6-. The number of carboxylic acids is 1. The summed E-state index contributed by atoms with van der Waals surface area (Å²) >= 11 is 0. The van der Waals surface area contributed by atoms with Crippen LogP contribution in [0.4, 0.5) is 18.9 Å². The zero-order valence-corrected chi connectivity index (χ0v) is 9.89. The summed E-state index contributed by atoms with van der Waals surface area (Å²) in [6.45, 7) is -1.70. The Kier molecular flexibility index (Phi) is 4.38. The summed E-state index contributed by atoms with van der Waals surface area (Å²) < 4.78 is 45.1. The molecule has 0 N–H and O–H groups in total. The second-order valence-electron chi connectivity index (χ2n) is 3.47. The zero-order chi connectivity index (χ0) is 15.5. The van der Waals surface area contributed by atoms with Crippen LogP contribution in [0.2, 0.25) is 0 Å². The minimum atomic E-state index is -4.66. The van der Waals surface area contributed by atoms with Gasteiger partial charge < -0.3 is 19.4 Å². The first-order valence-corrected chi connectivity index (χ1v) is 4.93. The molecule has 0 aliphatic rings. The molecule has 0 aliphatic heterocycles. The molecule has 0 unspecified atom stereocenters. The standard InChI is InChI=1S/C10H8F3NO6/c1-19-7-2-5(9(15)16)6(14(17)18)3-8(7)20-4-10(11,12)13/h2-3H,4H2,1H3,(H,15,16)/p-1. The van der Waals surface area contributed by atoms with Gasteiger partial charge in [0.2, 0.25) is 0 Å². The Morgan fingerprint density at radius 3 is 2.35 bits per heavy atom. The molecule has 0 spiro atoms. The Bertz CT molecular complexity index is 543. The smallest absolute Gasteiger partial charge is 0.422 e. The van der Waals surface area contributed by atoms with E-state index in [0.717, 1.165) is 7.11 Å². The number of carbonyl (C=O) groups excluding carboxylic acids is 1. The quantitative estimate of drug-likeness (QED) is 0.590. The number of aromatic carboxylic acids is 1. The average molecular weight is 294 g/mol. The molecule has 0 saturated carbocycles. The van der Waals surface area contributed by atoms with Crippen molar-refractivity contribution in [3.8, 4) is 11.5 Å². The molecule has 1 aromatic carbocycles. The van der Waals surface area contributed by atoms with Crippen LogP contribution in [0.25, 0.3) is 0 Å². The fourth-order valence-electron chi connectivity index (χ4n) is 1.30. The molecule has 0 aromatic heterocycles. The predicted octanol–water partition coefficient (Wildman–Crippen LogP) is 0.908. The maximum Gasteiger partial charge on any atom is 0.422 e. The van der Waals surface area contributed by atoms with Crippen LogP contribution in [-0.4, -0.2) is 30.8 Å². The zero-order valence-electron chi connectivity index (χ0n) is 9.89. The number of carbonyl (C=O) groups is 1. The van der Waals surface area contributed by atoms with Gasteiger partial charge in [-0.05, 0) is 6.07 Å². The van der Waals surface area contributed by atoms with E-state index in [0.29, 0.717) is 12.1 Å². The van der Waals surface area contributed by atoms with Crippen molar-refractivity contribution >= 4 is 11.7 Å². The number of nitro benzene ring substituents is 1. The van der Waals surface area contributed by atoms with Gasteiger partial charge in [-0.2, -0.15) is 13.2 Å². The topological polar surface area (TPSA) is 102 Å². The van der Waals surface area contributed by atoms with Gasteiger partial charge in [-0.1, -0.05) is 0 Å². The van der Waals surface area contributed by atoms with E-state index in [9.17, 15) is 33.2 Å². The second kappa shape index (κ2) is 5.63. The third-order valence-corrected chi connectivity index (χ3v) is 2.09. The van der Waals surface area contributed by atoms with Gasteiger partial charge in [0.05, 0.1) is 29.6 Å². The average Bonchev–Trinajstić information content (AvgIpc) is 2.33. The summed E-state index contributed by atoms with van der Waals surface area (Å²) in [4.78, 5) is 20.3. The van der Waals surface area contributed by atoms with Crippen molar-refractivity contribution in [3.63, 3.8) is 0 Å².